The minimum Gasteiger partial charge on any atom is -0.381 e. The van der Waals surface area contributed by atoms with Crippen molar-refractivity contribution in [2.45, 2.75) is 58.0 Å². The molecule has 1 aliphatic rings. The highest BCUT2D eigenvalue weighted by Crippen LogP contribution is 2.23. The van der Waals surface area contributed by atoms with Gasteiger partial charge in [0.15, 0.2) is 0 Å². The largest absolute Gasteiger partial charge is 0.381 e. The van der Waals surface area contributed by atoms with Crippen LogP contribution in [0.4, 0.5) is 0 Å². The van der Waals surface area contributed by atoms with Crippen LogP contribution in [0.5, 0.6) is 0 Å². The maximum absolute atomic E-state index is 5.96. The molecule has 0 spiro atoms. The second-order valence-electron chi connectivity index (χ2n) is 5.40. The van der Waals surface area contributed by atoms with E-state index in [4.69, 9.17) is 9.47 Å². The topological polar surface area (TPSA) is 43.4 Å². The molecule has 20 heavy (non-hydrogen) atoms. The maximum Gasteiger partial charge on any atom is 0.0891 e. The second-order valence-corrected chi connectivity index (χ2v) is 5.40. The van der Waals surface area contributed by atoms with Gasteiger partial charge in [0.2, 0.25) is 0 Å². The summed E-state index contributed by atoms with van der Waals surface area (Å²) in [7, 11) is 1.79. The van der Waals surface area contributed by atoms with E-state index in [2.05, 4.69) is 29.4 Å². The van der Waals surface area contributed by atoms with Crippen LogP contribution in [-0.4, -0.2) is 30.8 Å². The van der Waals surface area contributed by atoms with Crippen molar-refractivity contribution < 1.29 is 9.47 Å². The van der Waals surface area contributed by atoms with Crippen LogP contribution in [0.1, 0.15) is 43.9 Å². The van der Waals surface area contributed by atoms with Gasteiger partial charge in [-0.05, 0) is 43.9 Å². The summed E-state index contributed by atoms with van der Waals surface area (Å²) in [5, 5.41) is 3.29. The van der Waals surface area contributed by atoms with Crippen molar-refractivity contribution >= 4 is 0 Å². The van der Waals surface area contributed by atoms with Crippen molar-refractivity contribution in [3.05, 3.63) is 29.6 Å². The SMILES string of the molecule is CCNCc1ccc(COC2CCCC(OC)C2)nc1. The third-order valence-electron chi connectivity index (χ3n) is 3.84. The third-order valence-corrected chi connectivity index (χ3v) is 3.84. The quantitative estimate of drug-likeness (QED) is 0.833. The molecule has 2 unspecified atom stereocenters. The first-order valence-corrected chi connectivity index (χ1v) is 7.60. The number of methoxy groups -OCH3 is 1. The molecule has 1 fully saturated rings. The van der Waals surface area contributed by atoms with Gasteiger partial charge in [-0.15, -0.1) is 0 Å². The molecule has 4 nitrogen and oxygen atoms in total. The minimum absolute atomic E-state index is 0.317. The van der Waals surface area contributed by atoms with E-state index < -0.39 is 0 Å². The molecule has 1 aromatic rings. The zero-order valence-electron chi connectivity index (χ0n) is 12.6. The van der Waals surface area contributed by atoms with Gasteiger partial charge in [0.1, 0.15) is 0 Å². The number of nitrogens with zero attached hydrogens (tertiary/aromatic N) is 1. The zero-order chi connectivity index (χ0) is 14.2. The van der Waals surface area contributed by atoms with Gasteiger partial charge >= 0.3 is 0 Å². The lowest BCUT2D eigenvalue weighted by Crippen LogP contribution is -2.27. The lowest BCUT2D eigenvalue weighted by Gasteiger charge is -2.28. The summed E-state index contributed by atoms with van der Waals surface area (Å²) in [6, 6.07) is 4.18. The van der Waals surface area contributed by atoms with Gasteiger partial charge in [0, 0.05) is 19.9 Å². The Kier molecular flexibility index (Phi) is 6.43. The number of aromatic nitrogens is 1. The summed E-state index contributed by atoms with van der Waals surface area (Å²) in [5.74, 6) is 0. The molecule has 112 valence electrons. The van der Waals surface area contributed by atoms with Crippen molar-refractivity contribution in [1.29, 1.82) is 0 Å². The maximum atomic E-state index is 5.96. The van der Waals surface area contributed by atoms with Crippen molar-refractivity contribution in [3.8, 4) is 0 Å². The van der Waals surface area contributed by atoms with Crippen molar-refractivity contribution in [2.75, 3.05) is 13.7 Å². The second kappa shape index (κ2) is 8.35. The fourth-order valence-corrected chi connectivity index (χ4v) is 2.59. The summed E-state index contributed by atoms with van der Waals surface area (Å²) in [5.41, 5.74) is 2.22. The first-order valence-electron chi connectivity index (χ1n) is 7.60. The Morgan fingerprint density at radius 1 is 1.30 bits per heavy atom. The van der Waals surface area contributed by atoms with E-state index in [1.54, 1.807) is 7.11 Å². The molecule has 1 N–H and O–H groups in total. The Balaban J connectivity index is 1.75. The summed E-state index contributed by atoms with van der Waals surface area (Å²) < 4.78 is 11.4. The van der Waals surface area contributed by atoms with Crippen LogP contribution in [0.25, 0.3) is 0 Å². The number of pyridine rings is 1. The van der Waals surface area contributed by atoms with Crippen LogP contribution in [-0.2, 0) is 22.6 Å². The van der Waals surface area contributed by atoms with Crippen molar-refractivity contribution in [2.24, 2.45) is 0 Å². The number of ether oxygens (including phenoxy) is 2. The van der Waals surface area contributed by atoms with Crippen LogP contribution >= 0.6 is 0 Å². The normalized spacial score (nSPS) is 22.9. The van der Waals surface area contributed by atoms with E-state index in [0.717, 1.165) is 38.0 Å². The molecule has 0 aromatic carbocycles. The molecule has 1 aliphatic carbocycles. The van der Waals surface area contributed by atoms with Crippen LogP contribution in [0, 0.1) is 0 Å². The highest BCUT2D eigenvalue weighted by atomic mass is 16.5. The Hall–Kier alpha value is -0.970. The average molecular weight is 278 g/mol. The fourth-order valence-electron chi connectivity index (χ4n) is 2.59. The first kappa shape index (κ1) is 15.4. The Morgan fingerprint density at radius 3 is 2.85 bits per heavy atom. The minimum atomic E-state index is 0.317. The number of nitrogens with one attached hydrogen (secondary N) is 1. The monoisotopic (exact) mass is 278 g/mol. The van der Waals surface area contributed by atoms with E-state index in [0.29, 0.717) is 18.8 Å². The lowest BCUT2D eigenvalue weighted by atomic mass is 9.95. The Bertz CT molecular complexity index is 381. The molecule has 0 aliphatic heterocycles. The third kappa shape index (κ3) is 4.85. The van der Waals surface area contributed by atoms with Gasteiger partial charge in [0.05, 0.1) is 24.5 Å². The molecule has 4 heteroatoms. The molecule has 0 saturated heterocycles. The van der Waals surface area contributed by atoms with Crippen LogP contribution in [0.2, 0.25) is 0 Å². The molecule has 0 bridgehead atoms. The molecular formula is C16H26N2O2. The standard InChI is InChI=1S/C16H26N2O2/c1-3-17-10-13-7-8-14(18-11-13)12-20-16-6-4-5-15(9-16)19-2/h7-8,11,15-17H,3-6,9-10,12H2,1-2H3. The molecule has 2 atom stereocenters. The molecular weight excluding hydrogens is 252 g/mol. The summed E-state index contributed by atoms with van der Waals surface area (Å²) >= 11 is 0. The summed E-state index contributed by atoms with van der Waals surface area (Å²) in [6.45, 7) is 4.56. The average Bonchev–Trinajstić information content (AvgIpc) is 2.52. The smallest absolute Gasteiger partial charge is 0.0891 e. The fraction of sp³-hybridized carbons (Fsp3) is 0.688. The van der Waals surface area contributed by atoms with Gasteiger partial charge in [-0.3, -0.25) is 4.98 Å². The number of hydrogen-bond donors (Lipinski definition) is 1. The Morgan fingerprint density at radius 2 is 2.15 bits per heavy atom. The predicted octanol–water partition coefficient (Wildman–Crippen LogP) is 2.67. The highest BCUT2D eigenvalue weighted by molar-refractivity contribution is 5.13. The Labute approximate surface area is 121 Å². The molecule has 0 amide bonds. The summed E-state index contributed by atoms with van der Waals surface area (Å²) in [4.78, 5) is 4.46. The van der Waals surface area contributed by atoms with Crippen LogP contribution < -0.4 is 5.32 Å². The van der Waals surface area contributed by atoms with Gasteiger partial charge < -0.3 is 14.8 Å². The van der Waals surface area contributed by atoms with Gasteiger partial charge in [-0.25, -0.2) is 0 Å². The molecule has 1 saturated carbocycles. The van der Waals surface area contributed by atoms with Crippen molar-refractivity contribution in [3.63, 3.8) is 0 Å². The van der Waals surface area contributed by atoms with E-state index >= 15 is 0 Å². The predicted molar refractivity (Wildman–Crippen MR) is 79.5 cm³/mol. The molecule has 1 aromatic heterocycles. The molecule has 1 heterocycles. The molecule has 0 radical (unpaired) electrons. The van der Waals surface area contributed by atoms with E-state index in [1.807, 2.05) is 6.20 Å². The lowest BCUT2D eigenvalue weighted by molar-refractivity contribution is -0.0372. The van der Waals surface area contributed by atoms with E-state index in [1.165, 1.54) is 12.0 Å². The number of rotatable bonds is 7. The van der Waals surface area contributed by atoms with Gasteiger partial charge in [0.25, 0.3) is 0 Å². The van der Waals surface area contributed by atoms with E-state index in [9.17, 15) is 0 Å². The first-order chi connectivity index (χ1) is 9.81. The van der Waals surface area contributed by atoms with Crippen molar-refractivity contribution in [1.82, 2.24) is 10.3 Å². The van der Waals surface area contributed by atoms with Gasteiger partial charge in [-0.1, -0.05) is 13.0 Å². The highest BCUT2D eigenvalue weighted by Gasteiger charge is 2.22. The molecule has 2 rings (SSSR count). The zero-order valence-corrected chi connectivity index (χ0v) is 12.6. The number of hydrogen-bond acceptors (Lipinski definition) is 4. The summed E-state index contributed by atoms with van der Waals surface area (Å²) in [6.07, 6.45) is 7.11. The van der Waals surface area contributed by atoms with Gasteiger partial charge in [-0.2, -0.15) is 0 Å². The van der Waals surface area contributed by atoms with Crippen LogP contribution in [0.3, 0.4) is 0 Å². The van der Waals surface area contributed by atoms with Crippen LogP contribution in [0.15, 0.2) is 18.3 Å². The van der Waals surface area contributed by atoms with E-state index in [-0.39, 0.29) is 0 Å².